The van der Waals surface area contributed by atoms with Gasteiger partial charge >= 0.3 is 0 Å². The van der Waals surface area contributed by atoms with Crippen molar-refractivity contribution in [3.05, 3.63) is 74.9 Å². The molecule has 0 aliphatic carbocycles. The van der Waals surface area contributed by atoms with Crippen molar-refractivity contribution in [2.45, 2.75) is 0 Å². The number of carbonyl (C=O) groups excluding carboxylic acids is 2. The molecule has 1 saturated heterocycles. The van der Waals surface area contributed by atoms with Crippen LogP contribution in [0.3, 0.4) is 0 Å². The van der Waals surface area contributed by atoms with E-state index in [9.17, 15) is 14.0 Å². The maximum Gasteiger partial charge on any atom is 0.285 e. The Kier molecular flexibility index (Phi) is 5.31. The van der Waals surface area contributed by atoms with Gasteiger partial charge in [0.2, 0.25) is 0 Å². The fourth-order valence-corrected chi connectivity index (χ4v) is 3.52. The van der Waals surface area contributed by atoms with Gasteiger partial charge in [0.15, 0.2) is 4.32 Å². The van der Waals surface area contributed by atoms with Gasteiger partial charge in [-0.2, -0.15) is 5.01 Å². The van der Waals surface area contributed by atoms with E-state index in [1.54, 1.807) is 36.4 Å². The molecule has 1 heterocycles. The molecule has 0 radical (unpaired) electrons. The summed E-state index contributed by atoms with van der Waals surface area (Å²) >= 11 is 9.49. The number of carbonyl (C=O) groups is 2. The number of halogens is 2. The third kappa shape index (κ3) is 4.15. The largest absolute Gasteiger partial charge is 0.285 e. The van der Waals surface area contributed by atoms with Gasteiger partial charge in [-0.05, 0) is 60.3 Å². The molecule has 4 nitrogen and oxygen atoms in total. The minimum absolute atomic E-state index is 0.207. The van der Waals surface area contributed by atoms with Crippen LogP contribution in [0.1, 0.15) is 15.9 Å². The number of nitrogens with zero attached hydrogens (tertiary/aromatic N) is 1. The minimum atomic E-state index is -0.454. The number of nitrogens with one attached hydrogen (secondary N) is 1. The molecule has 25 heavy (non-hydrogen) atoms. The number of benzene rings is 2. The van der Waals surface area contributed by atoms with Gasteiger partial charge in [-0.3, -0.25) is 15.0 Å². The molecular weight excluding hydrogens is 427 g/mol. The van der Waals surface area contributed by atoms with Gasteiger partial charge in [0, 0.05) is 10.0 Å². The standard InChI is InChI=1S/C17H10BrFN2O2S2/c18-12-6-4-11(5-7-12)15(22)20-21-16(23)14(25-17(21)24)9-10-2-1-3-13(19)8-10/h1-9H,(H,20,22)/b14-9+. The van der Waals surface area contributed by atoms with Crippen LogP contribution in [-0.4, -0.2) is 21.1 Å². The fourth-order valence-electron chi connectivity index (χ4n) is 2.08. The first-order valence-corrected chi connectivity index (χ1v) is 9.06. The van der Waals surface area contributed by atoms with Crippen LogP contribution in [0.2, 0.25) is 0 Å². The molecular formula is C17H10BrFN2O2S2. The molecule has 1 fully saturated rings. The van der Waals surface area contributed by atoms with Gasteiger partial charge in [-0.15, -0.1) is 0 Å². The zero-order chi connectivity index (χ0) is 18.0. The predicted molar refractivity (Wildman–Crippen MR) is 103 cm³/mol. The minimum Gasteiger partial charge on any atom is -0.267 e. The molecule has 0 unspecified atom stereocenters. The van der Waals surface area contributed by atoms with E-state index in [1.807, 2.05) is 0 Å². The second-order valence-corrected chi connectivity index (χ2v) is 7.61. The maximum atomic E-state index is 13.3. The number of rotatable bonds is 3. The monoisotopic (exact) mass is 436 g/mol. The Labute approximate surface area is 161 Å². The van der Waals surface area contributed by atoms with E-state index < -0.39 is 17.6 Å². The molecule has 3 rings (SSSR count). The molecule has 1 aliphatic rings. The van der Waals surface area contributed by atoms with Crippen LogP contribution in [0, 0.1) is 5.82 Å². The average Bonchev–Trinajstić information content (AvgIpc) is 2.83. The molecule has 1 N–H and O–H groups in total. The summed E-state index contributed by atoms with van der Waals surface area (Å²) in [7, 11) is 0. The number of hydrogen-bond donors (Lipinski definition) is 1. The molecule has 1 aliphatic heterocycles. The van der Waals surface area contributed by atoms with Crippen LogP contribution in [0.4, 0.5) is 4.39 Å². The number of hydrogen-bond acceptors (Lipinski definition) is 4. The van der Waals surface area contributed by atoms with Crippen LogP contribution in [0.5, 0.6) is 0 Å². The van der Waals surface area contributed by atoms with Crippen LogP contribution in [0.25, 0.3) is 6.08 Å². The van der Waals surface area contributed by atoms with Gasteiger partial charge in [0.05, 0.1) is 4.91 Å². The van der Waals surface area contributed by atoms with Crippen molar-refractivity contribution in [2.24, 2.45) is 0 Å². The van der Waals surface area contributed by atoms with E-state index in [1.165, 1.54) is 18.2 Å². The molecule has 0 atom stereocenters. The van der Waals surface area contributed by atoms with Crippen molar-refractivity contribution in [1.82, 2.24) is 10.4 Å². The molecule has 2 amide bonds. The summed E-state index contributed by atoms with van der Waals surface area (Å²) in [5.41, 5.74) is 3.43. The highest BCUT2D eigenvalue weighted by molar-refractivity contribution is 9.10. The molecule has 2 aromatic rings. The Morgan fingerprint density at radius 2 is 1.96 bits per heavy atom. The first kappa shape index (κ1) is 17.8. The topological polar surface area (TPSA) is 49.4 Å². The van der Waals surface area contributed by atoms with Crippen LogP contribution in [-0.2, 0) is 4.79 Å². The molecule has 0 aromatic heterocycles. The first-order chi connectivity index (χ1) is 11.9. The third-order valence-electron chi connectivity index (χ3n) is 3.26. The molecule has 2 aromatic carbocycles. The summed E-state index contributed by atoms with van der Waals surface area (Å²) in [5.74, 6) is -1.30. The van der Waals surface area contributed by atoms with Gasteiger partial charge < -0.3 is 0 Å². The molecule has 126 valence electrons. The fraction of sp³-hybridized carbons (Fsp3) is 0. The van der Waals surface area contributed by atoms with Crippen molar-refractivity contribution < 1.29 is 14.0 Å². The summed E-state index contributed by atoms with van der Waals surface area (Å²) in [5, 5.41) is 1.02. The van der Waals surface area contributed by atoms with Crippen molar-refractivity contribution in [1.29, 1.82) is 0 Å². The van der Waals surface area contributed by atoms with E-state index >= 15 is 0 Å². The summed E-state index contributed by atoms with van der Waals surface area (Å²) in [6.45, 7) is 0. The molecule has 0 saturated carbocycles. The van der Waals surface area contributed by atoms with Crippen molar-refractivity contribution in [3.63, 3.8) is 0 Å². The smallest absolute Gasteiger partial charge is 0.267 e. The highest BCUT2D eigenvalue weighted by atomic mass is 79.9. The number of amides is 2. The van der Waals surface area contributed by atoms with Crippen LogP contribution in [0.15, 0.2) is 57.9 Å². The van der Waals surface area contributed by atoms with E-state index in [-0.39, 0.29) is 4.32 Å². The van der Waals surface area contributed by atoms with Gasteiger partial charge in [-0.1, -0.05) is 39.8 Å². The molecule has 8 heteroatoms. The predicted octanol–water partition coefficient (Wildman–Crippen LogP) is 4.13. The van der Waals surface area contributed by atoms with Gasteiger partial charge in [0.1, 0.15) is 5.82 Å². The maximum absolute atomic E-state index is 13.3. The Morgan fingerprint density at radius 1 is 1.24 bits per heavy atom. The van der Waals surface area contributed by atoms with Crippen molar-refractivity contribution in [3.8, 4) is 0 Å². The summed E-state index contributed by atoms with van der Waals surface area (Å²) in [6, 6.07) is 12.6. The Morgan fingerprint density at radius 3 is 2.64 bits per heavy atom. The second kappa shape index (κ2) is 7.47. The Bertz CT molecular complexity index is 900. The zero-order valence-electron chi connectivity index (χ0n) is 12.5. The lowest BCUT2D eigenvalue weighted by Crippen LogP contribution is -2.44. The number of thiocarbonyl (C=S) groups is 1. The van der Waals surface area contributed by atoms with E-state index in [2.05, 4.69) is 21.4 Å². The number of hydrazine groups is 1. The second-order valence-electron chi connectivity index (χ2n) is 5.02. The number of thioether (sulfide) groups is 1. The highest BCUT2D eigenvalue weighted by Gasteiger charge is 2.33. The lowest BCUT2D eigenvalue weighted by molar-refractivity contribution is -0.123. The van der Waals surface area contributed by atoms with Gasteiger partial charge in [-0.25, -0.2) is 4.39 Å². The quantitative estimate of drug-likeness (QED) is 0.580. The van der Waals surface area contributed by atoms with E-state index in [0.717, 1.165) is 21.2 Å². The van der Waals surface area contributed by atoms with E-state index in [4.69, 9.17) is 12.2 Å². The van der Waals surface area contributed by atoms with Crippen molar-refractivity contribution in [2.75, 3.05) is 0 Å². The molecule has 0 bridgehead atoms. The lowest BCUT2D eigenvalue weighted by Gasteiger charge is -2.15. The van der Waals surface area contributed by atoms with Crippen molar-refractivity contribution >= 4 is 62.1 Å². The zero-order valence-corrected chi connectivity index (χ0v) is 15.8. The van der Waals surface area contributed by atoms with E-state index in [0.29, 0.717) is 16.0 Å². The van der Waals surface area contributed by atoms with Crippen LogP contribution >= 0.6 is 39.9 Å². The van der Waals surface area contributed by atoms with Gasteiger partial charge in [0.25, 0.3) is 11.8 Å². The molecule has 0 spiro atoms. The Hall–Kier alpha value is -2.03. The highest BCUT2D eigenvalue weighted by Crippen LogP contribution is 2.31. The summed E-state index contributed by atoms with van der Waals surface area (Å²) in [6.07, 6.45) is 1.54. The average molecular weight is 437 g/mol. The van der Waals surface area contributed by atoms with Crippen LogP contribution < -0.4 is 5.43 Å². The SMILES string of the molecule is O=C(NN1C(=O)/C(=C\c2cccc(F)c2)SC1=S)c1ccc(Br)cc1. The first-order valence-electron chi connectivity index (χ1n) is 7.04. The normalized spacial score (nSPS) is 15.8. The lowest BCUT2D eigenvalue weighted by atomic mass is 10.2. The summed E-state index contributed by atoms with van der Waals surface area (Å²) in [4.78, 5) is 25.0. The third-order valence-corrected chi connectivity index (χ3v) is 5.09. The Balaban J connectivity index is 1.77. The summed E-state index contributed by atoms with van der Waals surface area (Å²) < 4.78 is 14.3.